The number of hydrogen-bond donors (Lipinski definition) is 2. The van der Waals surface area contributed by atoms with Gasteiger partial charge in [-0.1, -0.05) is 26.7 Å². The van der Waals surface area contributed by atoms with E-state index >= 15 is 0 Å². The topological polar surface area (TPSA) is 75.5 Å². The van der Waals surface area contributed by atoms with Crippen LogP contribution < -0.4 is 4.90 Å². The van der Waals surface area contributed by atoms with Gasteiger partial charge in [0.15, 0.2) is 0 Å². The Morgan fingerprint density at radius 2 is 1.96 bits per heavy atom. The molecule has 1 aromatic rings. The maximum absolute atomic E-state index is 10.7. The molecular weight excluding hydrogens is 357 g/mol. The Labute approximate surface area is 157 Å². The summed E-state index contributed by atoms with van der Waals surface area (Å²) in [6.07, 6.45) is 8.52. The van der Waals surface area contributed by atoms with Crippen LogP contribution in [-0.2, 0) is 15.5 Å². The first kappa shape index (κ1) is 22.3. The molecule has 2 rings (SSSR count). The lowest BCUT2D eigenvalue weighted by molar-refractivity contribution is 0.139. The molecule has 6 nitrogen and oxygen atoms in total. The zero-order valence-electron chi connectivity index (χ0n) is 15.5. The van der Waals surface area contributed by atoms with Crippen molar-refractivity contribution in [2.75, 3.05) is 17.7 Å². The van der Waals surface area contributed by atoms with Crippen molar-refractivity contribution >= 4 is 26.7 Å². The van der Waals surface area contributed by atoms with Gasteiger partial charge in [-0.15, -0.1) is 9.42 Å². The van der Waals surface area contributed by atoms with Crippen molar-refractivity contribution in [1.29, 1.82) is 0 Å². The number of rotatable bonds is 7. The van der Waals surface area contributed by atoms with Gasteiger partial charge >= 0.3 is 8.25 Å². The summed E-state index contributed by atoms with van der Waals surface area (Å²) in [5, 5.41) is 0. The fraction of sp³-hybridized carbons (Fsp3) is 0.765. The van der Waals surface area contributed by atoms with E-state index in [1.165, 1.54) is 12.8 Å². The van der Waals surface area contributed by atoms with Gasteiger partial charge in [-0.2, -0.15) is 12.6 Å². The zero-order valence-corrected chi connectivity index (χ0v) is 17.3. The molecule has 0 radical (unpaired) electrons. The molecule has 1 N–H and O–H groups in total. The highest BCUT2D eigenvalue weighted by Gasteiger charge is 2.30. The second-order valence-corrected chi connectivity index (χ2v) is 7.32. The van der Waals surface area contributed by atoms with E-state index in [4.69, 9.17) is 9.42 Å². The van der Waals surface area contributed by atoms with Gasteiger partial charge in [0, 0.05) is 30.3 Å². The third kappa shape index (κ3) is 8.45. The minimum absolute atomic E-state index is 0.103. The van der Waals surface area contributed by atoms with Crippen LogP contribution in [0.1, 0.15) is 58.2 Å². The fourth-order valence-corrected chi connectivity index (χ4v) is 3.32. The van der Waals surface area contributed by atoms with Crippen LogP contribution in [0, 0.1) is 0 Å². The maximum Gasteiger partial charge on any atom is 0.694 e. The standard InChI is InChI=1S/C13H20N3O3PS.C4H10/c1-16(13-6-8-14-12(15-13)7-9-21)10-2-4-11(5-3-10)19-20(17)18;1-3-4-2/h6,8,10-11H,2-5,7,9H2,1H3,(H-,17,18,21);3-4H2,1-2H3/p+1. The van der Waals surface area contributed by atoms with Crippen LogP contribution >= 0.6 is 20.9 Å². The molecule has 0 aliphatic heterocycles. The summed E-state index contributed by atoms with van der Waals surface area (Å²) in [4.78, 5) is 19.7. The van der Waals surface area contributed by atoms with Crippen LogP contribution in [0.3, 0.4) is 0 Å². The van der Waals surface area contributed by atoms with E-state index in [0.29, 0.717) is 6.04 Å². The summed E-state index contributed by atoms with van der Waals surface area (Å²) in [7, 11) is -0.464. The SMILES string of the molecule is CCCC.CN(c1ccnc(CCS)n1)C1CCC(O[P+](=O)O)CC1. The Morgan fingerprint density at radius 3 is 2.48 bits per heavy atom. The Hall–Kier alpha value is -0.750. The third-order valence-electron chi connectivity index (χ3n) is 4.32. The van der Waals surface area contributed by atoms with Crippen molar-refractivity contribution in [1.82, 2.24) is 9.97 Å². The average Bonchev–Trinajstić information content (AvgIpc) is 2.62. The van der Waals surface area contributed by atoms with Gasteiger partial charge in [0.25, 0.3) is 0 Å². The molecule has 1 aliphatic rings. The van der Waals surface area contributed by atoms with Crippen molar-refractivity contribution < 1.29 is 14.0 Å². The Kier molecular flexibility index (Phi) is 11.2. The van der Waals surface area contributed by atoms with E-state index in [9.17, 15) is 4.57 Å². The smallest absolute Gasteiger partial charge is 0.357 e. The molecule has 8 heteroatoms. The molecule has 1 heterocycles. The number of anilines is 1. The van der Waals surface area contributed by atoms with E-state index < -0.39 is 8.25 Å². The average molecular weight is 388 g/mol. The Balaban J connectivity index is 0.000000705. The van der Waals surface area contributed by atoms with E-state index in [-0.39, 0.29) is 6.10 Å². The van der Waals surface area contributed by atoms with Gasteiger partial charge in [-0.3, -0.25) is 0 Å². The Morgan fingerprint density at radius 1 is 1.32 bits per heavy atom. The van der Waals surface area contributed by atoms with Crippen LogP contribution in [0.25, 0.3) is 0 Å². The number of nitrogens with zero attached hydrogens (tertiary/aromatic N) is 3. The predicted octanol–water partition coefficient (Wildman–Crippen LogP) is 4.17. The lowest BCUT2D eigenvalue weighted by atomic mass is 9.92. The summed E-state index contributed by atoms with van der Waals surface area (Å²) in [5.74, 6) is 2.46. The molecule has 0 saturated heterocycles. The van der Waals surface area contributed by atoms with Crippen molar-refractivity contribution in [3.63, 3.8) is 0 Å². The van der Waals surface area contributed by atoms with Crippen LogP contribution in [0.4, 0.5) is 5.82 Å². The molecule has 1 fully saturated rings. The largest absolute Gasteiger partial charge is 0.694 e. The third-order valence-corrected chi connectivity index (χ3v) is 5.02. The molecule has 1 atom stereocenters. The van der Waals surface area contributed by atoms with Gasteiger partial charge in [-0.05, 0) is 37.5 Å². The molecule has 1 saturated carbocycles. The Bertz CT molecular complexity index is 512. The number of hydrogen-bond acceptors (Lipinski definition) is 6. The quantitative estimate of drug-likeness (QED) is 0.539. The van der Waals surface area contributed by atoms with E-state index in [2.05, 4.69) is 41.3 Å². The second-order valence-electron chi connectivity index (χ2n) is 6.19. The molecule has 142 valence electrons. The minimum Gasteiger partial charge on any atom is -0.357 e. The van der Waals surface area contributed by atoms with E-state index in [0.717, 1.165) is 49.5 Å². The number of thiol groups is 1. The van der Waals surface area contributed by atoms with Crippen molar-refractivity contribution in [2.24, 2.45) is 0 Å². The second kappa shape index (κ2) is 12.6. The number of aromatic nitrogens is 2. The fourth-order valence-electron chi connectivity index (χ4n) is 2.66. The van der Waals surface area contributed by atoms with Gasteiger partial charge in [0.1, 0.15) is 17.7 Å². The predicted molar refractivity (Wildman–Crippen MR) is 106 cm³/mol. The summed E-state index contributed by atoms with van der Waals surface area (Å²) < 4.78 is 15.7. The van der Waals surface area contributed by atoms with Crippen LogP contribution in [0.5, 0.6) is 0 Å². The van der Waals surface area contributed by atoms with Crippen LogP contribution in [0.15, 0.2) is 12.3 Å². The molecule has 1 aromatic heterocycles. The first-order valence-electron chi connectivity index (χ1n) is 9.00. The summed E-state index contributed by atoms with van der Waals surface area (Å²) in [6, 6.07) is 2.29. The van der Waals surface area contributed by atoms with Gasteiger partial charge < -0.3 is 4.90 Å². The van der Waals surface area contributed by atoms with Gasteiger partial charge in [0.05, 0.1) is 0 Å². The summed E-state index contributed by atoms with van der Waals surface area (Å²) in [5.41, 5.74) is 0. The maximum atomic E-state index is 10.7. The zero-order chi connectivity index (χ0) is 18.7. The highest BCUT2D eigenvalue weighted by Crippen LogP contribution is 2.31. The normalized spacial score (nSPS) is 20.4. The van der Waals surface area contributed by atoms with Crippen molar-refractivity contribution in [3.05, 3.63) is 18.1 Å². The van der Waals surface area contributed by atoms with Crippen LogP contribution in [0.2, 0.25) is 0 Å². The monoisotopic (exact) mass is 388 g/mol. The minimum atomic E-state index is -2.50. The molecule has 0 spiro atoms. The molecule has 0 aromatic carbocycles. The molecule has 0 amide bonds. The highest BCUT2D eigenvalue weighted by molar-refractivity contribution is 7.80. The molecule has 25 heavy (non-hydrogen) atoms. The van der Waals surface area contributed by atoms with Crippen molar-refractivity contribution in [2.45, 2.75) is 70.9 Å². The first-order chi connectivity index (χ1) is 12.0. The number of unbranched alkanes of at least 4 members (excludes halogenated alkanes) is 1. The van der Waals surface area contributed by atoms with Crippen LogP contribution in [-0.4, -0.2) is 39.8 Å². The summed E-state index contributed by atoms with van der Waals surface area (Å²) >= 11 is 4.20. The molecule has 1 unspecified atom stereocenters. The van der Waals surface area contributed by atoms with Gasteiger partial charge in [-0.25, -0.2) is 9.97 Å². The van der Waals surface area contributed by atoms with E-state index in [1.807, 2.05) is 13.1 Å². The number of aryl methyl sites for hydroxylation is 1. The van der Waals surface area contributed by atoms with Crippen molar-refractivity contribution in [3.8, 4) is 0 Å². The summed E-state index contributed by atoms with van der Waals surface area (Å²) in [6.45, 7) is 4.36. The highest BCUT2D eigenvalue weighted by atomic mass is 32.1. The first-order valence-corrected chi connectivity index (χ1v) is 10.8. The molecule has 0 bridgehead atoms. The molecule has 1 aliphatic carbocycles. The van der Waals surface area contributed by atoms with Gasteiger partial charge in [0.2, 0.25) is 0 Å². The molecular formula is C17H31N3O3PS+. The lowest BCUT2D eigenvalue weighted by Gasteiger charge is -2.33. The van der Waals surface area contributed by atoms with E-state index in [1.54, 1.807) is 6.20 Å². The lowest BCUT2D eigenvalue weighted by Crippen LogP contribution is -2.37.